The fourth-order valence-corrected chi connectivity index (χ4v) is 3.78. The smallest absolute Gasteiger partial charge is 0.251 e. The van der Waals surface area contributed by atoms with Crippen molar-refractivity contribution in [2.45, 2.75) is 38.9 Å². The van der Waals surface area contributed by atoms with Crippen molar-refractivity contribution in [1.29, 1.82) is 0 Å². The quantitative estimate of drug-likeness (QED) is 0.669. The third-order valence-electron chi connectivity index (χ3n) is 5.47. The van der Waals surface area contributed by atoms with E-state index in [4.69, 9.17) is 0 Å². The molecule has 1 aliphatic heterocycles. The van der Waals surface area contributed by atoms with Crippen LogP contribution in [-0.2, 0) is 19.6 Å². The summed E-state index contributed by atoms with van der Waals surface area (Å²) in [6.45, 7) is 4.68. The number of likely N-dealkylation sites (tertiary alicyclic amines) is 1. The van der Waals surface area contributed by atoms with Crippen molar-refractivity contribution in [3.05, 3.63) is 89.5 Å². The Morgan fingerprint density at radius 3 is 2.21 bits per heavy atom. The molecule has 0 atom stereocenters. The van der Waals surface area contributed by atoms with E-state index in [9.17, 15) is 4.79 Å². The minimum Gasteiger partial charge on any atom is -0.348 e. The first-order valence-electron chi connectivity index (χ1n) is 10.4. The Morgan fingerprint density at radius 1 is 0.862 bits per heavy atom. The Morgan fingerprint density at radius 2 is 1.52 bits per heavy atom. The zero-order chi connectivity index (χ0) is 19.9. The molecule has 1 N–H and O–H groups in total. The summed E-state index contributed by atoms with van der Waals surface area (Å²) >= 11 is 0. The summed E-state index contributed by atoms with van der Waals surface area (Å²) in [6.07, 6.45) is 9.49. The number of imidazole rings is 1. The lowest BCUT2D eigenvalue weighted by atomic mass is 10.1. The van der Waals surface area contributed by atoms with Gasteiger partial charge in [-0.15, -0.1) is 0 Å². The maximum atomic E-state index is 12.5. The first kappa shape index (κ1) is 19.4. The first-order chi connectivity index (χ1) is 14.3. The molecule has 5 nitrogen and oxygen atoms in total. The van der Waals surface area contributed by atoms with Gasteiger partial charge in [-0.2, -0.15) is 0 Å². The van der Waals surface area contributed by atoms with Gasteiger partial charge in [-0.1, -0.05) is 42.8 Å². The molecule has 0 saturated carbocycles. The van der Waals surface area contributed by atoms with Crippen molar-refractivity contribution in [3.8, 4) is 0 Å². The Bertz CT molecular complexity index is 895. The summed E-state index contributed by atoms with van der Waals surface area (Å²) in [5.41, 5.74) is 4.29. The van der Waals surface area contributed by atoms with Crippen LogP contribution < -0.4 is 5.32 Å². The van der Waals surface area contributed by atoms with Crippen LogP contribution in [0.3, 0.4) is 0 Å². The van der Waals surface area contributed by atoms with Crippen LogP contribution in [0, 0.1) is 0 Å². The summed E-state index contributed by atoms with van der Waals surface area (Å²) in [4.78, 5) is 19.0. The van der Waals surface area contributed by atoms with Crippen LogP contribution in [0.15, 0.2) is 67.3 Å². The second-order valence-electron chi connectivity index (χ2n) is 7.77. The monoisotopic (exact) mass is 388 g/mol. The van der Waals surface area contributed by atoms with E-state index in [1.54, 1.807) is 6.20 Å². The number of carbonyl (C=O) groups excluding carboxylic acids is 1. The van der Waals surface area contributed by atoms with E-state index < -0.39 is 0 Å². The molecular formula is C24H28N4O. The van der Waals surface area contributed by atoms with E-state index in [2.05, 4.69) is 51.6 Å². The number of carbonyl (C=O) groups is 1. The molecule has 0 unspecified atom stereocenters. The maximum absolute atomic E-state index is 12.5. The molecular weight excluding hydrogens is 360 g/mol. The van der Waals surface area contributed by atoms with Crippen molar-refractivity contribution in [3.63, 3.8) is 0 Å². The topological polar surface area (TPSA) is 50.2 Å². The Labute approximate surface area is 172 Å². The second-order valence-corrected chi connectivity index (χ2v) is 7.77. The Hall–Kier alpha value is -2.92. The summed E-state index contributed by atoms with van der Waals surface area (Å²) in [5.74, 6) is -0.0305. The standard InChI is InChI=1S/C24H28N4O/c29-24(23-10-8-22(9-11-23)17-27-13-2-1-3-14-27)26-16-20-4-6-21(7-5-20)18-28-15-12-25-19-28/h4-12,15,19H,1-3,13-14,16-18H2,(H,26,29). The van der Waals surface area contributed by atoms with Gasteiger partial charge < -0.3 is 9.88 Å². The van der Waals surface area contributed by atoms with Crippen LogP contribution >= 0.6 is 0 Å². The molecule has 0 spiro atoms. The Kier molecular flexibility index (Phi) is 6.37. The van der Waals surface area contributed by atoms with Crippen LogP contribution in [0.1, 0.15) is 46.3 Å². The Balaban J connectivity index is 1.26. The van der Waals surface area contributed by atoms with Crippen LogP contribution in [0.5, 0.6) is 0 Å². The predicted octanol–water partition coefficient (Wildman–Crippen LogP) is 3.85. The van der Waals surface area contributed by atoms with Crippen molar-refractivity contribution < 1.29 is 4.79 Å². The zero-order valence-corrected chi connectivity index (χ0v) is 16.8. The SMILES string of the molecule is O=C(NCc1ccc(Cn2ccnc2)cc1)c1ccc(CN2CCCCC2)cc1. The van der Waals surface area contributed by atoms with Gasteiger partial charge in [-0.3, -0.25) is 9.69 Å². The van der Waals surface area contributed by atoms with Crippen molar-refractivity contribution in [2.75, 3.05) is 13.1 Å². The lowest BCUT2D eigenvalue weighted by Gasteiger charge is -2.26. The number of nitrogens with one attached hydrogen (secondary N) is 1. The average Bonchev–Trinajstić information content (AvgIpc) is 3.27. The highest BCUT2D eigenvalue weighted by atomic mass is 16.1. The normalized spacial score (nSPS) is 14.6. The van der Waals surface area contributed by atoms with Crippen molar-refractivity contribution >= 4 is 5.91 Å². The summed E-state index contributed by atoms with van der Waals surface area (Å²) in [7, 11) is 0. The third kappa shape index (κ3) is 5.55. The molecule has 0 aliphatic carbocycles. The lowest BCUT2D eigenvalue weighted by molar-refractivity contribution is 0.0951. The van der Waals surface area contributed by atoms with Gasteiger partial charge in [0.1, 0.15) is 0 Å². The molecule has 2 aromatic carbocycles. The van der Waals surface area contributed by atoms with E-state index >= 15 is 0 Å². The first-order valence-corrected chi connectivity index (χ1v) is 10.4. The van der Waals surface area contributed by atoms with Gasteiger partial charge in [0.15, 0.2) is 0 Å². The molecule has 150 valence electrons. The van der Waals surface area contributed by atoms with Crippen LogP contribution in [0.4, 0.5) is 0 Å². The van der Waals surface area contributed by atoms with E-state index in [1.807, 2.05) is 29.2 Å². The largest absolute Gasteiger partial charge is 0.348 e. The molecule has 0 bridgehead atoms. The van der Waals surface area contributed by atoms with Crippen LogP contribution in [0.2, 0.25) is 0 Å². The minimum atomic E-state index is -0.0305. The van der Waals surface area contributed by atoms with Gasteiger partial charge in [0.2, 0.25) is 0 Å². The lowest BCUT2D eigenvalue weighted by Crippen LogP contribution is -2.29. The third-order valence-corrected chi connectivity index (χ3v) is 5.47. The number of benzene rings is 2. The van der Waals surface area contributed by atoms with Gasteiger partial charge in [0, 0.05) is 37.6 Å². The molecule has 0 radical (unpaired) electrons. The van der Waals surface area contributed by atoms with Gasteiger partial charge in [0.25, 0.3) is 5.91 Å². The number of amides is 1. The van der Waals surface area contributed by atoms with Gasteiger partial charge in [0.05, 0.1) is 6.33 Å². The molecule has 2 heterocycles. The molecule has 29 heavy (non-hydrogen) atoms. The number of piperidine rings is 1. The zero-order valence-electron chi connectivity index (χ0n) is 16.8. The van der Waals surface area contributed by atoms with Gasteiger partial charge >= 0.3 is 0 Å². The molecule has 4 rings (SSSR count). The molecule has 3 aromatic rings. The van der Waals surface area contributed by atoms with Crippen molar-refractivity contribution in [1.82, 2.24) is 19.8 Å². The highest BCUT2D eigenvalue weighted by molar-refractivity contribution is 5.94. The van der Waals surface area contributed by atoms with E-state index in [-0.39, 0.29) is 5.91 Å². The van der Waals surface area contributed by atoms with Gasteiger partial charge in [-0.05, 0) is 54.8 Å². The number of hydrogen-bond donors (Lipinski definition) is 1. The minimum absolute atomic E-state index is 0.0305. The molecule has 1 saturated heterocycles. The molecule has 5 heteroatoms. The maximum Gasteiger partial charge on any atom is 0.251 e. The average molecular weight is 389 g/mol. The molecule has 1 aliphatic rings. The number of aromatic nitrogens is 2. The van der Waals surface area contributed by atoms with Crippen LogP contribution in [0.25, 0.3) is 0 Å². The van der Waals surface area contributed by atoms with E-state index in [1.165, 1.54) is 43.5 Å². The number of rotatable bonds is 7. The fourth-order valence-electron chi connectivity index (χ4n) is 3.78. The summed E-state index contributed by atoms with van der Waals surface area (Å²) < 4.78 is 2.03. The highest BCUT2D eigenvalue weighted by Crippen LogP contribution is 2.14. The number of nitrogens with zero attached hydrogens (tertiary/aromatic N) is 3. The predicted molar refractivity (Wildman–Crippen MR) is 115 cm³/mol. The number of hydrogen-bond acceptors (Lipinski definition) is 3. The highest BCUT2D eigenvalue weighted by Gasteiger charge is 2.11. The summed E-state index contributed by atoms with van der Waals surface area (Å²) in [5, 5.41) is 3.02. The second kappa shape index (κ2) is 9.52. The van der Waals surface area contributed by atoms with Crippen molar-refractivity contribution in [2.24, 2.45) is 0 Å². The molecule has 1 aromatic heterocycles. The van der Waals surface area contributed by atoms with E-state index in [0.717, 1.165) is 18.7 Å². The fraction of sp³-hybridized carbons (Fsp3) is 0.333. The molecule has 1 amide bonds. The van der Waals surface area contributed by atoms with Crippen LogP contribution in [-0.4, -0.2) is 33.4 Å². The summed E-state index contributed by atoms with van der Waals surface area (Å²) in [6, 6.07) is 16.3. The molecule has 1 fully saturated rings. The van der Waals surface area contributed by atoms with E-state index in [0.29, 0.717) is 12.1 Å². The van der Waals surface area contributed by atoms with Gasteiger partial charge in [-0.25, -0.2) is 4.98 Å².